The summed E-state index contributed by atoms with van der Waals surface area (Å²) in [7, 11) is 1.57. The van der Waals surface area contributed by atoms with Crippen LogP contribution in [0, 0.1) is 17.7 Å². The molecule has 5 heteroatoms. The van der Waals surface area contributed by atoms with E-state index in [1.807, 2.05) is 0 Å². The molecule has 3 aliphatic heterocycles. The zero-order valence-electron chi connectivity index (χ0n) is 11.8. The minimum atomic E-state index is -0.307. The van der Waals surface area contributed by atoms with Gasteiger partial charge in [0.1, 0.15) is 5.82 Å². The maximum absolute atomic E-state index is 13.2. The number of benzene rings is 1. The lowest BCUT2D eigenvalue weighted by atomic mass is 9.85. The molecule has 3 fully saturated rings. The average molecular weight is 288 g/mol. The lowest BCUT2D eigenvalue weighted by Crippen LogP contribution is -2.37. The molecule has 110 valence electrons. The number of hydrogen-bond acceptors (Lipinski definition) is 3. The van der Waals surface area contributed by atoms with Crippen LogP contribution in [0.2, 0.25) is 0 Å². The summed E-state index contributed by atoms with van der Waals surface area (Å²) >= 11 is 0. The van der Waals surface area contributed by atoms with E-state index in [9.17, 15) is 14.0 Å². The Morgan fingerprint density at radius 2 is 1.76 bits per heavy atom. The second-order valence-corrected chi connectivity index (χ2v) is 6.23. The molecule has 1 aromatic rings. The van der Waals surface area contributed by atoms with E-state index in [0.29, 0.717) is 0 Å². The minimum Gasteiger partial charge on any atom is -0.292 e. The average Bonchev–Trinajstić information content (AvgIpc) is 3.10. The van der Waals surface area contributed by atoms with Crippen LogP contribution in [0.25, 0.3) is 0 Å². The van der Waals surface area contributed by atoms with Gasteiger partial charge in [-0.2, -0.15) is 0 Å². The van der Waals surface area contributed by atoms with Crippen molar-refractivity contribution in [2.45, 2.75) is 24.9 Å². The zero-order chi connectivity index (χ0) is 14.7. The van der Waals surface area contributed by atoms with E-state index in [4.69, 9.17) is 0 Å². The molecule has 3 heterocycles. The molecule has 0 aliphatic carbocycles. The van der Waals surface area contributed by atoms with Gasteiger partial charge < -0.3 is 0 Å². The number of carbonyl (C=O) groups is 2. The molecule has 1 aromatic carbocycles. The Morgan fingerprint density at radius 3 is 2.48 bits per heavy atom. The molecule has 3 saturated heterocycles. The molecule has 0 N–H and O–H groups in total. The van der Waals surface area contributed by atoms with E-state index in [1.54, 1.807) is 19.2 Å². The Kier molecular flexibility index (Phi) is 2.70. The van der Waals surface area contributed by atoms with Crippen LogP contribution >= 0.6 is 0 Å². The smallest absolute Gasteiger partial charge is 0.234 e. The van der Waals surface area contributed by atoms with Crippen molar-refractivity contribution >= 4 is 11.8 Å². The van der Waals surface area contributed by atoms with Gasteiger partial charge in [0, 0.05) is 19.1 Å². The summed E-state index contributed by atoms with van der Waals surface area (Å²) in [5.74, 6) is -0.948. The largest absolute Gasteiger partial charge is 0.292 e. The van der Waals surface area contributed by atoms with Gasteiger partial charge in [0.2, 0.25) is 11.8 Å². The van der Waals surface area contributed by atoms with Gasteiger partial charge in [-0.05, 0) is 37.1 Å². The summed E-state index contributed by atoms with van der Waals surface area (Å²) in [4.78, 5) is 28.4. The molecule has 4 nitrogen and oxygen atoms in total. The summed E-state index contributed by atoms with van der Waals surface area (Å²) < 4.78 is 13.2. The van der Waals surface area contributed by atoms with E-state index in [-0.39, 0.29) is 41.6 Å². The first-order valence-corrected chi connectivity index (χ1v) is 7.42. The third kappa shape index (κ3) is 1.64. The highest BCUT2D eigenvalue weighted by Gasteiger charge is 2.62. The fraction of sp³-hybridized carbons (Fsp3) is 0.500. The third-order valence-electron chi connectivity index (χ3n) is 5.28. The van der Waals surface area contributed by atoms with E-state index < -0.39 is 0 Å². The number of imide groups is 1. The number of hydrogen-bond donors (Lipinski definition) is 0. The van der Waals surface area contributed by atoms with Gasteiger partial charge in [-0.15, -0.1) is 0 Å². The molecule has 0 spiro atoms. The Labute approximate surface area is 122 Å². The zero-order valence-corrected chi connectivity index (χ0v) is 11.8. The van der Waals surface area contributed by atoms with Crippen LogP contribution in [0.4, 0.5) is 4.39 Å². The molecule has 21 heavy (non-hydrogen) atoms. The number of nitrogens with zero attached hydrogens (tertiary/aromatic N) is 2. The van der Waals surface area contributed by atoms with Crippen molar-refractivity contribution in [2.24, 2.45) is 11.8 Å². The molecule has 4 atom stereocenters. The quantitative estimate of drug-likeness (QED) is 0.737. The fourth-order valence-corrected chi connectivity index (χ4v) is 4.41. The van der Waals surface area contributed by atoms with Gasteiger partial charge in [-0.1, -0.05) is 12.1 Å². The van der Waals surface area contributed by atoms with Crippen molar-refractivity contribution < 1.29 is 14.0 Å². The normalized spacial score (nSPS) is 35.4. The highest BCUT2D eigenvalue weighted by molar-refractivity contribution is 6.06. The van der Waals surface area contributed by atoms with Crippen molar-refractivity contribution in [1.82, 2.24) is 9.80 Å². The second-order valence-electron chi connectivity index (χ2n) is 6.23. The number of rotatable bonds is 1. The highest BCUT2D eigenvalue weighted by atomic mass is 19.1. The molecule has 0 bridgehead atoms. The first kappa shape index (κ1) is 13.0. The van der Waals surface area contributed by atoms with E-state index in [0.717, 1.165) is 24.9 Å². The molecule has 3 aliphatic rings. The number of amides is 2. The molecule has 4 rings (SSSR count). The van der Waals surface area contributed by atoms with Crippen LogP contribution in [-0.2, 0) is 9.59 Å². The third-order valence-corrected chi connectivity index (χ3v) is 5.28. The monoisotopic (exact) mass is 288 g/mol. The molecular formula is C16H17FN2O2. The molecule has 0 aromatic heterocycles. The summed E-state index contributed by atoms with van der Waals surface area (Å²) in [6.45, 7) is 0.907. The Hall–Kier alpha value is -1.75. The molecular weight excluding hydrogens is 271 g/mol. The van der Waals surface area contributed by atoms with Crippen molar-refractivity contribution in [3.8, 4) is 0 Å². The Bertz CT molecular complexity index is 615. The van der Waals surface area contributed by atoms with Gasteiger partial charge in [0.25, 0.3) is 0 Å². The SMILES string of the molecule is CN1C(=O)[C@@H]2[C@H](C1=O)[C@@H](c1ccc(F)cc1)N1CCC[C@@H]21. The van der Waals surface area contributed by atoms with E-state index >= 15 is 0 Å². The van der Waals surface area contributed by atoms with Crippen LogP contribution in [-0.4, -0.2) is 41.2 Å². The standard InChI is InChI=1S/C16H17FN2O2/c1-18-15(20)12-11-3-2-8-19(11)14(13(12)16(18)21)9-4-6-10(17)7-5-9/h4-7,11-14H,2-3,8H2,1H3/t11-,12-,13-,14+/m0/s1. The Morgan fingerprint density at radius 1 is 1.10 bits per heavy atom. The van der Waals surface area contributed by atoms with Crippen molar-refractivity contribution in [3.05, 3.63) is 35.6 Å². The summed E-state index contributed by atoms with van der Waals surface area (Å²) in [6, 6.07) is 6.41. The van der Waals surface area contributed by atoms with Gasteiger partial charge >= 0.3 is 0 Å². The van der Waals surface area contributed by atoms with E-state index in [2.05, 4.69) is 4.90 Å². The number of halogens is 1. The van der Waals surface area contributed by atoms with Crippen LogP contribution in [0.15, 0.2) is 24.3 Å². The second kappa shape index (κ2) is 4.37. The first-order valence-electron chi connectivity index (χ1n) is 7.42. The highest BCUT2D eigenvalue weighted by Crippen LogP contribution is 2.52. The molecule has 0 saturated carbocycles. The Balaban J connectivity index is 1.80. The van der Waals surface area contributed by atoms with E-state index in [1.165, 1.54) is 17.0 Å². The predicted octanol–water partition coefficient (Wildman–Crippen LogP) is 1.58. The van der Waals surface area contributed by atoms with Crippen molar-refractivity contribution in [1.29, 1.82) is 0 Å². The topological polar surface area (TPSA) is 40.6 Å². The maximum atomic E-state index is 13.2. The summed E-state index contributed by atoms with van der Waals surface area (Å²) in [5, 5.41) is 0. The first-order chi connectivity index (χ1) is 10.1. The van der Waals surface area contributed by atoms with Crippen molar-refractivity contribution in [2.75, 3.05) is 13.6 Å². The fourth-order valence-electron chi connectivity index (χ4n) is 4.41. The van der Waals surface area contributed by atoms with Crippen LogP contribution in [0.3, 0.4) is 0 Å². The molecule has 0 unspecified atom stereocenters. The number of fused-ring (bicyclic) bond motifs is 3. The maximum Gasteiger partial charge on any atom is 0.234 e. The summed E-state index contributed by atoms with van der Waals surface area (Å²) in [6.07, 6.45) is 2.02. The lowest BCUT2D eigenvalue weighted by molar-refractivity contribution is -0.139. The van der Waals surface area contributed by atoms with Crippen LogP contribution in [0.5, 0.6) is 0 Å². The predicted molar refractivity (Wildman–Crippen MR) is 73.6 cm³/mol. The van der Waals surface area contributed by atoms with Gasteiger partial charge in [0.15, 0.2) is 0 Å². The molecule has 2 amide bonds. The summed E-state index contributed by atoms with van der Waals surface area (Å²) in [5.41, 5.74) is 0.937. The van der Waals surface area contributed by atoms with Gasteiger partial charge in [-0.3, -0.25) is 19.4 Å². The van der Waals surface area contributed by atoms with Crippen molar-refractivity contribution in [3.63, 3.8) is 0 Å². The lowest BCUT2D eigenvalue weighted by Gasteiger charge is -2.28. The van der Waals surface area contributed by atoms with Crippen LogP contribution in [0.1, 0.15) is 24.4 Å². The van der Waals surface area contributed by atoms with Gasteiger partial charge in [0.05, 0.1) is 11.8 Å². The minimum absolute atomic E-state index is 0.0495. The van der Waals surface area contributed by atoms with Gasteiger partial charge in [-0.25, -0.2) is 4.39 Å². The number of carbonyl (C=O) groups excluding carboxylic acids is 2. The molecule has 0 radical (unpaired) electrons. The van der Waals surface area contributed by atoms with Crippen LogP contribution < -0.4 is 0 Å². The number of likely N-dealkylation sites (tertiary alicyclic amines) is 1.